The lowest BCUT2D eigenvalue weighted by molar-refractivity contribution is -0.147. The molecule has 0 radical (unpaired) electrons. The number of nitrogens with zero attached hydrogens (tertiary/aromatic N) is 3. The average Bonchev–Trinajstić information content (AvgIpc) is 3.14. The molecule has 1 aliphatic rings. The monoisotopic (exact) mass is 421 g/mol. The van der Waals surface area contributed by atoms with Gasteiger partial charge in [-0.05, 0) is 30.0 Å². The van der Waals surface area contributed by atoms with Crippen molar-refractivity contribution in [1.29, 1.82) is 0 Å². The normalized spacial score (nSPS) is 14.5. The summed E-state index contributed by atoms with van der Waals surface area (Å²) in [6, 6.07) is 15.9. The minimum absolute atomic E-state index is 0.228. The first kappa shape index (κ1) is 22.7. The Morgan fingerprint density at radius 1 is 1.03 bits per heavy atom. The quantitative estimate of drug-likeness (QED) is 0.604. The molecule has 6 nitrogen and oxygen atoms in total. The zero-order valence-corrected chi connectivity index (χ0v) is 18.9. The highest BCUT2D eigenvalue weighted by Gasteiger charge is 2.32. The summed E-state index contributed by atoms with van der Waals surface area (Å²) in [4.78, 5) is 17.4. The Kier molecular flexibility index (Phi) is 6.91. The highest BCUT2D eigenvalue weighted by Crippen LogP contribution is 2.24. The first-order chi connectivity index (χ1) is 14.6. The molecule has 1 saturated heterocycles. The second kappa shape index (κ2) is 9.43. The van der Waals surface area contributed by atoms with Crippen LogP contribution in [-0.2, 0) is 11.3 Å². The number of aliphatic carboxylic acids is 1. The Hall–Kier alpha value is -2.99. The predicted molar refractivity (Wildman–Crippen MR) is 121 cm³/mol. The van der Waals surface area contributed by atoms with Crippen molar-refractivity contribution in [1.82, 2.24) is 15.0 Å². The SMILES string of the molecule is CC(C)(C)C.Cc1ccc(-c2nc(-c3ccc(CN4CC(C(=O)O)C4)cc3)no2)cc1. The number of aromatic nitrogens is 2. The van der Waals surface area contributed by atoms with Gasteiger partial charge in [0.05, 0.1) is 5.92 Å². The van der Waals surface area contributed by atoms with Crippen LogP contribution in [0, 0.1) is 18.3 Å². The van der Waals surface area contributed by atoms with E-state index in [2.05, 4.69) is 42.7 Å². The van der Waals surface area contributed by atoms with Crippen molar-refractivity contribution in [2.75, 3.05) is 13.1 Å². The predicted octanol–water partition coefficient (Wildman–Crippen LogP) is 5.28. The summed E-state index contributed by atoms with van der Waals surface area (Å²) < 4.78 is 5.38. The number of hydrogen-bond donors (Lipinski definition) is 1. The van der Waals surface area contributed by atoms with Crippen molar-refractivity contribution in [3.8, 4) is 22.8 Å². The standard InChI is InChI=1S/C20H19N3O3.C5H12/c1-13-2-6-16(7-3-13)19-21-18(22-26-19)15-8-4-14(5-9-15)10-23-11-17(12-23)20(24)25;1-5(2,3)4/h2-9,17H,10-12H2,1H3,(H,24,25);1-4H3. The molecule has 4 rings (SSSR count). The van der Waals surface area contributed by atoms with Gasteiger partial charge in [-0.3, -0.25) is 9.69 Å². The van der Waals surface area contributed by atoms with E-state index in [9.17, 15) is 4.79 Å². The Morgan fingerprint density at radius 2 is 1.58 bits per heavy atom. The molecule has 2 heterocycles. The van der Waals surface area contributed by atoms with Crippen molar-refractivity contribution in [3.63, 3.8) is 0 Å². The van der Waals surface area contributed by atoms with Crippen LogP contribution < -0.4 is 0 Å². The van der Waals surface area contributed by atoms with E-state index in [-0.39, 0.29) is 5.92 Å². The molecule has 31 heavy (non-hydrogen) atoms. The van der Waals surface area contributed by atoms with E-state index in [1.165, 1.54) is 5.56 Å². The molecule has 2 aromatic carbocycles. The number of carboxylic acid groups (broad SMARTS) is 1. The van der Waals surface area contributed by atoms with Gasteiger partial charge in [-0.25, -0.2) is 0 Å². The van der Waals surface area contributed by atoms with Gasteiger partial charge in [-0.15, -0.1) is 0 Å². The molecule has 0 unspecified atom stereocenters. The van der Waals surface area contributed by atoms with Crippen LogP contribution in [0.25, 0.3) is 22.8 Å². The van der Waals surface area contributed by atoms with Crippen LogP contribution in [0.4, 0.5) is 0 Å². The smallest absolute Gasteiger partial charge is 0.309 e. The van der Waals surface area contributed by atoms with Gasteiger partial charge in [0, 0.05) is 30.8 Å². The highest BCUT2D eigenvalue weighted by molar-refractivity contribution is 5.71. The van der Waals surface area contributed by atoms with Gasteiger partial charge in [0.1, 0.15) is 0 Å². The lowest BCUT2D eigenvalue weighted by Gasteiger charge is -2.36. The first-order valence-electron chi connectivity index (χ1n) is 10.5. The van der Waals surface area contributed by atoms with E-state index in [0.29, 0.717) is 30.2 Å². The molecule has 1 fully saturated rings. The van der Waals surface area contributed by atoms with Crippen molar-refractivity contribution in [2.24, 2.45) is 11.3 Å². The van der Waals surface area contributed by atoms with Gasteiger partial charge < -0.3 is 9.63 Å². The second-order valence-electron chi connectivity index (χ2n) is 9.72. The minimum atomic E-state index is -0.710. The number of carbonyl (C=O) groups is 1. The van der Waals surface area contributed by atoms with Crippen molar-refractivity contribution < 1.29 is 14.4 Å². The molecule has 0 saturated carbocycles. The Morgan fingerprint density at radius 3 is 2.13 bits per heavy atom. The van der Waals surface area contributed by atoms with Crippen molar-refractivity contribution >= 4 is 5.97 Å². The van der Waals surface area contributed by atoms with Crippen LogP contribution in [-0.4, -0.2) is 39.2 Å². The topological polar surface area (TPSA) is 79.5 Å². The summed E-state index contributed by atoms with van der Waals surface area (Å²) in [5.74, 6) is 0.123. The summed E-state index contributed by atoms with van der Waals surface area (Å²) in [6.45, 7) is 12.8. The van der Waals surface area contributed by atoms with E-state index in [4.69, 9.17) is 9.63 Å². The minimum Gasteiger partial charge on any atom is -0.481 e. The molecule has 0 amide bonds. The third kappa shape index (κ3) is 6.76. The number of benzene rings is 2. The van der Waals surface area contributed by atoms with E-state index < -0.39 is 5.97 Å². The lowest BCUT2D eigenvalue weighted by atomic mass is 9.99. The zero-order chi connectivity index (χ0) is 22.6. The summed E-state index contributed by atoms with van der Waals surface area (Å²) >= 11 is 0. The molecule has 0 aliphatic carbocycles. The van der Waals surface area contributed by atoms with Crippen molar-refractivity contribution in [3.05, 3.63) is 59.7 Å². The average molecular weight is 422 g/mol. The number of rotatable bonds is 5. The van der Waals surface area contributed by atoms with Gasteiger partial charge in [-0.1, -0.05) is 74.8 Å². The molecule has 3 aromatic rings. The van der Waals surface area contributed by atoms with E-state index in [1.807, 2.05) is 55.5 Å². The first-order valence-corrected chi connectivity index (χ1v) is 10.5. The maximum absolute atomic E-state index is 10.9. The summed E-state index contributed by atoms with van der Waals surface area (Å²) in [5, 5.41) is 13.0. The van der Waals surface area contributed by atoms with Crippen LogP contribution in [0.2, 0.25) is 0 Å². The number of aryl methyl sites for hydroxylation is 1. The molecule has 1 aromatic heterocycles. The molecule has 6 heteroatoms. The van der Waals surface area contributed by atoms with Gasteiger partial charge >= 0.3 is 5.97 Å². The third-order valence-electron chi connectivity index (χ3n) is 4.65. The van der Waals surface area contributed by atoms with Crippen LogP contribution in [0.1, 0.15) is 38.8 Å². The van der Waals surface area contributed by atoms with Crippen LogP contribution in [0.15, 0.2) is 53.1 Å². The second-order valence-corrected chi connectivity index (χ2v) is 9.72. The van der Waals surface area contributed by atoms with Gasteiger partial charge in [0.15, 0.2) is 0 Å². The van der Waals surface area contributed by atoms with E-state index in [1.54, 1.807) is 0 Å². The maximum Gasteiger partial charge on any atom is 0.309 e. The fourth-order valence-electron chi connectivity index (χ4n) is 3.03. The number of likely N-dealkylation sites (tertiary alicyclic amines) is 1. The van der Waals surface area contributed by atoms with Crippen LogP contribution in [0.5, 0.6) is 0 Å². The Bertz CT molecular complexity index is 990. The number of carboxylic acids is 1. The maximum atomic E-state index is 10.9. The van der Waals surface area contributed by atoms with Gasteiger partial charge in [-0.2, -0.15) is 4.98 Å². The Balaban J connectivity index is 0.000000491. The van der Waals surface area contributed by atoms with Gasteiger partial charge in [0.25, 0.3) is 5.89 Å². The highest BCUT2D eigenvalue weighted by atomic mass is 16.5. The molecule has 1 aliphatic heterocycles. The Labute approximate surface area is 183 Å². The summed E-state index contributed by atoms with van der Waals surface area (Å²) in [7, 11) is 0. The van der Waals surface area contributed by atoms with Gasteiger partial charge in [0.2, 0.25) is 5.82 Å². The van der Waals surface area contributed by atoms with Crippen molar-refractivity contribution in [2.45, 2.75) is 41.2 Å². The fraction of sp³-hybridized carbons (Fsp3) is 0.400. The fourth-order valence-corrected chi connectivity index (χ4v) is 3.03. The molecular weight excluding hydrogens is 390 g/mol. The summed E-state index contributed by atoms with van der Waals surface area (Å²) in [6.07, 6.45) is 0. The van der Waals surface area contributed by atoms with E-state index in [0.717, 1.165) is 23.2 Å². The van der Waals surface area contributed by atoms with Crippen LogP contribution in [0.3, 0.4) is 0 Å². The molecule has 1 N–H and O–H groups in total. The molecule has 164 valence electrons. The third-order valence-corrected chi connectivity index (χ3v) is 4.65. The molecule has 0 bridgehead atoms. The molecular formula is C25H31N3O3. The van der Waals surface area contributed by atoms with E-state index >= 15 is 0 Å². The summed E-state index contributed by atoms with van der Waals surface area (Å²) in [5.41, 5.74) is 4.61. The molecule has 0 atom stereocenters. The molecule has 0 spiro atoms. The van der Waals surface area contributed by atoms with Crippen LogP contribution >= 0.6 is 0 Å². The number of hydrogen-bond acceptors (Lipinski definition) is 5. The lowest BCUT2D eigenvalue weighted by Crippen LogP contribution is -2.49. The zero-order valence-electron chi connectivity index (χ0n) is 18.9. The largest absolute Gasteiger partial charge is 0.481 e.